The van der Waals surface area contributed by atoms with Gasteiger partial charge in [-0.1, -0.05) is 45.1 Å². The molecule has 0 fully saturated rings. The molecule has 5 heteroatoms. The maximum atomic E-state index is 11.0. The van der Waals surface area contributed by atoms with Crippen LogP contribution in [0.4, 0.5) is 0 Å². The Hall–Kier alpha value is -4.38. The summed E-state index contributed by atoms with van der Waals surface area (Å²) >= 11 is 0. The van der Waals surface area contributed by atoms with E-state index in [9.17, 15) is 5.11 Å². The number of allylic oxidation sites excluding steroid dienone is 17. The average Bonchev–Trinajstić information content (AvgIpc) is 3.81. The standard InChI is InChI=1S/C41H48N4O/c1-9-10-11-12-13-14-15-16-17-38(46)27(4)25(2)28(5)39-30(7)41-31(8)40-29(6)26(3)36(44-40)23-34-20-18-32(42-34)22-33-19-21-35(43-33)24-37(39)45-41/h16-24,46H,9-15H2,1-8H3. The Balaban J connectivity index is 1.54. The summed E-state index contributed by atoms with van der Waals surface area (Å²) in [5.74, 6) is 0.317. The predicted molar refractivity (Wildman–Crippen MR) is 197 cm³/mol. The van der Waals surface area contributed by atoms with Gasteiger partial charge in [0, 0.05) is 11.1 Å². The van der Waals surface area contributed by atoms with Gasteiger partial charge in [0.1, 0.15) is 5.76 Å². The number of fused-ring (bicyclic) bond motifs is 4. The highest BCUT2D eigenvalue weighted by Gasteiger charge is 2.28. The molecule has 0 atom stereocenters. The van der Waals surface area contributed by atoms with Crippen molar-refractivity contribution < 1.29 is 5.11 Å². The van der Waals surface area contributed by atoms with E-state index in [0.717, 1.165) is 103 Å². The summed E-state index contributed by atoms with van der Waals surface area (Å²) in [6.45, 7) is 17.0. The molecule has 238 valence electrons. The molecule has 0 aromatic carbocycles. The van der Waals surface area contributed by atoms with Gasteiger partial charge in [0.15, 0.2) is 0 Å². The van der Waals surface area contributed by atoms with Crippen molar-refractivity contribution in [2.24, 2.45) is 20.0 Å². The lowest BCUT2D eigenvalue weighted by atomic mass is 9.90. The molecule has 5 aliphatic heterocycles. The van der Waals surface area contributed by atoms with Gasteiger partial charge in [0.2, 0.25) is 0 Å². The highest BCUT2D eigenvalue weighted by Crippen LogP contribution is 2.38. The number of aliphatic imine (C=N–C) groups is 4. The van der Waals surface area contributed by atoms with Crippen LogP contribution in [-0.4, -0.2) is 28.0 Å². The average molecular weight is 613 g/mol. The van der Waals surface area contributed by atoms with Gasteiger partial charge < -0.3 is 5.11 Å². The van der Waals surface area contributed by atoms with Crippen LogP contribution in [0.25, 0.3) is 0 Å². The Kier molecular flexibility index (Phi) is 10.3. The van der Waals surface area contributed by atoms with E-state index in [1.54, 1.807) is 0 Å². The van der Waals surface area contributed by atoms with Gasteiger partial charge in [-0.3, -0.25) is 0 Å². The highest BCUT2D eigenvalue weighted by molar-refractivity contribution is 6.20. The van der Waals surface area contributed by atoms with Crippen LogP contribution >= 0.6 is 0 Å². The van der Waals surface area contributed by atoms with Crippen LogP contribution in [0.15, 0.2) is 148 Å². The van der Waals surface area contributed by atoms with Crippen molar-refractivity contribution in [3.05, 3.63) is 128 Å². The predicted octanol–water partition coefficient (Wildman–Crippen LogP) is 11.0. The van der Waals surface area contributed by atoms with Gasteiger partial charge in [-0.25, -0.2) is 20.0 Å². The maximum Gasteiger partial charge on any atom is 0.118 e. The van der Waals surface area contributed by atoms with Crippen molar-refractivity contribution in [3.8, 4) is 0 Å². The van der Waals surface area contributed by atoms with E-state index in [0.29, 0.717) is 5.76 Å². The largest absolute Gasteiger partial charge is 0.508 e. The molecule has 5 rings (SSSR count). The molecular formula is C41H48N4O. The molecule has 0 saturated carbocycles. The minimum atomic E-state index is 0.317. The number of aliphatic hydroxyl groups excluding tert-OH is 1. The van der Waals surface area contributed by atoms with Crippen LogP contribution in [0.2, 0.25) is 0 Å². The first-order chi connectivity index (χ1) is 22.1. The number of hydrogen-bond acceptors (Lipinski definition) is 5. The topological polar surface area (TPSA) is 69.7 Å². The zero-order valence-corrected chi connectivity index (χ0v) is 28.9. The third-order valence-corrected chi connectivity index (χ3v) is 9.58. The molecule has 46 heavy (non-hydrogen) atoms. The van der Waals surface area contributed by atoms with Crippen LogP contribution in [0.5, 0.6) is 0 Å². The van der Waals surface area contributed by atoms with Crippen molar-refractivity contribution in [3.63, 3.8) is 0 Å². The zero-order chi connectivity index (χ0) is 33.0. The SMILES string of the molecule is CCCCCCCCC=CC(O)=C(C)C(C)=C(C)C1=C(C)C2=C(C)C3=NC(=CC4=NC(=CC5=NC(=CC1=N2)C=C5)C=C4)C(C)=C3C. The fraction of sp³-hybridized carbons (Fsp3) is 0.366. The number of rotatable bonds is 10. The Labute approximate surface area is 275 Å². The molecule has 0 aromatic heterocycles. The first-order valence-electron chi connectivity index (χ1n) is 16.8. The zero-order valence-electron chi connectivity index (χ0n) is 28.9. The smallest absolute Gasteiger partial charge is 0.118 e. The van der Waals surface area contributed by atoms with Crippen LogP contribution in [0.3, 0.4) is 0 Å². The van der Waals surface area contributed by atoms with E-state index in [1.165, 1.54) is 32.1 Å². The number of aliphatic hydroxyl groups is 1. The second kappa shape index (κ2) is 14.4. The van der Waals surface area contributed by atoms with E-state index in [4.69, 9.17) is 20.0 Å². The van der Waals surface area contributed by atoms with E-state index >= 15 is 0 Å². The fourth-order valence-electron chi connectivity index (χ4n) is 6.35. The molecule has 0 unspecified atom stereocenters. The molecule has 0 aliphatic carbocycles. The Morgan fingerprint density at radius 3 is 2.04 bits per heavy atom. The van der Waals surface area contributed by atoms with Gasteiger partial charge in [-0.05, 0) is 143 Å². The number of hydrogen-bond donors (Lipinski definition) is 1. The molecule has 0 saturated heterocycles. The number of nitrogens with zero attached hydrogens (tertiary/aromatic N) is 4. The second-order valence-electron chi connectivity index (χ2n) is 12.8. The van der Waals surface area contributed by atoms with Crippen LogP contribution in [0.1, 0.15) is 100 Å². The van der Waals surface area contributed by atoms with E-state index < -0.39 is 0 Å². The maximum absolute atomic E-state index is 11.0. The molecule has 5 aliphatic rings. The van der Waals surface area contributed by atoms with Gasteiger partial charge >= 0.3 is 0 Å². The molecule has 0 radical (unpaired) electrons. The van der Waals surface area contributed by atoms with E-state index in [2.05, 4.69) is 66.7 Å². The Morgan fingerprint density at radius 1 is 0.674 bits per heavy atom. The monoisotopic (exact) mass is 612 g/mol. The molecule has 0 spiro atoms. The van der Waals surface area contributed by atoms with Crippen LogP contribution in [-0.2, 0) is 0 Å². The molecule has 0 amide bonds. The van der Waals surface area contributed by atoms with Gasteiger partial charge in [-0.2, -0.15) is 0 Å². The molecule has 8 bridgehead atoms. The summed E-state index contributed by atoms with van der Waals surface area (Å²) < 4.78 is 0. The van der Waals surface area contributed by atoms with Crippen LogP contribution in [0, 0.1) is 0 Å². The van der Waals surface area contributed by atoms with Gasteiger partial charge in [0.05, 0.1) is 45.6 Å². The Morgan fingerprint density at radius 2 is 1.33 bits per heavy atom. The quantitative estimate of drug-likeness (QED) is 0.149. The summed E-state index contributed by atoms with van der Waals surface area (Å²) in [5.41, 5.74) is 15.7. The second-order valence-corrected chi connectivity index (χ2v) is 12.8. The third-order valence-electron chi connectivity index (χ3n) is 9.58. The molecule has 0 aromatic rings. The van der Waals surface area contributed by atoms with Crippen molar-refractivity contribution >= 4 is 22.8 Å². The minimum absolute atomic E-state index is 0.317. The number of unbranched alkanes of at least 4 members (excludes halogenated alkanes) is 6. The fourth-order valence-corrected chi connectivity index (χ4v) is 6.35. The van der Waals surface area contributed by atoms with E-state index in [-0.39, 0.29) is 0 Å². The molecule has 5 heterocycles. The van der Waals surface area contributed by atoms with Crippen LogP contribution < -0.4 is 0 Å². The Bertz CT molecular complexity index is 1810. The normalized spacial score (nSPS) is 20.2. The first kappa shape index (κ1) is 33.0. The summed E-state index contributed by atoms with van der Waals surface area (Å²) in [6, 6.07) is 0. The van der Waals surface area contributed by atoms with Crippen molar-refractivity contribution in [1.82, 2.24) is 0 Å². The van der Waals surface area contributed by atoms with Gasteiger partial charge in [0.25, 0.3) is 0 Å². The summed E-state index contributed by atoms with van der Waals surface area (Å²) in [5, 5.41) is 11.0. The summed E-state index contributed by atoms with van der Waals surface area (Å²) in [7, 11) is 0. The van der Waals surface area contributed by atoms with Crippen molar-refractivity contribution in [2.75, 3.05) is 0 Å². The lowest BCUT2D eigenvalue weighted by Crippen LogP contribution is -2.04. The third kappa shape index (κ3) is 7.04. The first-order valence-corrected chi connectivity index (χ1v) is 16.8. The molecule has 1 N–H and O–H groups in total. The van der Waals surface area contributed by atoms with Crippen molar-refractivity contribution in [2.45, 2.75) is 100 Å². The summed E-state index contributed by atoms with van der Waals surface area (Å²) in [4.78, 5) is 20.0. The molecule has 5 nitrogen and oxygen atoms in total. The van der Waals surface area contributed by atoms with Gasteiger partial charge in [-0.15, -0.1) is 0 Å². The lowest BCUT2D eigenvalue weighted by molar-refractivity contribution is 0.426. The van der Waals surface area contributed by atoms with Crippen molar-refractivity contribution in [1.29, 1.82) is 0 Å². The van der Waals surface area contributed by atoms with E-state index in [1.807, 2.05) is 43.4 Å². The lowest BCUT2D eigenvalue weighted by Gasteiger charge is -2.13. The molecular weight excluding hydrogens is 564 g/mol. The summed E-state index contributed by atoms with van der Waals surface area (Å²) in [6.07, 6.45) is 26.8. The minimum Gasteiger partial charge on any atom is -0.508 e. The highest BCUT2D eigenvalue weighted by atomic mass is 16.3.